The van der Waals surface area contributed by atoms with Gasteiger partial charge in [0.25, 0.3) is 0 Å². The molecule has 130 valence electrons. The van der Waals surface area contributed by atoms with Crippen molar-refractivity contribution in [3.05, 3.63) is 42.7 Å². The van der Waals surface area contributed by atoms with E-state index in [0.717, 1.165) is 43.5 Å². The summed E-state index contributed by atoms with van der Waals surface area (Å²) in [6, 6.07) is 11.7. The van der Waals surface area contributed by atoms with Crippen LogP contribution in [0.1, 0.15) is 39.0 Å². The van der Waals surface area contributed by atoms with Crippen molar-refractivity contribution in [2.45, 2.75) is 50.6 Å². The molecule has 0 radical (unpaired) electrons. The van der Waals surface area contributed by atoms with Gasteiger partial charge >= 0.3 is 0 Å². The first-order chi connectivity index (χ1) is 12.1. The minimum absolute atomic E-state index is 0.157. The minimum atomic E-state index is -0.709. The van der Waals surface area contributed by atoms with Crippen LogP contribution in [0.3, 0.4) is 0 Å². The van der Waals surface area contributed by atoms with Crippen molar-refractivity contribution in [1.82, 2.24) is 15.1 Å². The molecule has 0 aliphatic heterocycles. The highest BCUT2D eigenvalue weighted by molar-refractivity contribution is 5.85. The molecule has 1 fully saturated rings. The molecular formula is C19H23N5O. The second-order valence-corrected chi connectivity index (χ2v) is 6.62. The fourth-order valence-corrected chi connectivity index (χ4v) is 3.20. The smallest absolute Gasteiger partial charge is 0.243 e. The molecule has 1 aliphatic carbocycles. The number of carbonyl (C=O) groups excluding carboxylic acids is 1. The molecule has 3 rings (SSSR count). The average molecular weight is 337 g/mol. The number of aromatic nitrogens is 2. The van der Waals surface area contributed by atoms with Gasteiger partial charge in [0.15, 0.2) is 0 Å². The normalized spacial score (nSPS) is 17.3. The van der Waals surface area contributed by atoms with Crippen LogP contribution < -0.4 is 10.6 Å². The van der Waals surface area contributed by atoms with Crippen molar-refractivity contribution < 1.29 is 4.79 Å². The molecule has 0 unspecified atom stereocenters. The van der Waals surface area contributed by atoms with E-state index in [1.807, 2.05) is 36.5 Å². The lowest BCUT2D eigenvalue weighted by molar-refractivity contribution is -0.123. The maximum Gasteiger partial charge on any atom is 0.243 e. The molecule has 2 N–H and O–H groups in total. The van der Waals surface area contributed by atoms with Gasteiger partial charge < -0.3 is 10.6 Å². The SMILES string of the molecule is C[C@@H](Nc1cnn(-c2ccccc2)c1)C(=O)NC1(C#N)CCCCC1. The van der Waals surface area contributed by atoms with E-state index in [1.54, 1.807) is 17.8 Å². The Morgan fingerprint density at radius 1 is 1.28 bits per heavy atom. The van der Waals surface area contributed by atoms with Gasteiger partial charge in [-0.25, -0.2) is 4.68 Å². The van der Waals surface area contributed by atoms with E-state index < -0.39 is 11.6 Å². The average Bonchev–Trinajstić information content (AvgIpc) is 3.11. The first kappa shape index (κ1) is 17.0. The molecule has 1 amide bonds. The van der Waals surface area contributed by atoms with E-state index >= 15 is 0 Å². The number of benzene rings is 1. The molecule has 1 aliphatic rings. The van der Waals surface area contributed by atoms with Crippen molar-refractivity contribution in [3.63, 3.8) is 0 Å². The molecule has 1 atom stereocenters. The zero-order chi connectivity index (χ0) is 17.7. The number of hydrogen-bond acceptors (Lipinski definition) is 4. The largest absolute Gasteiger partial charge is 0.371 e. The molecule has 0 bridgehead atoms. The summed E-state index contributed by atoms with van der Waals surface area (Å²) in [6.07, 6.45) is 8.10. The van der Waals surface area contributed by atoms with E-state index in [4.69, 9.17) is 0 Å². The monoisotopic (exact) mass is 337 g/mol. The van der Waals surface area contributed by atoms with Crippen LogP contribution in [0.4, 0.5) is 5.69 Å². The molecule has 0 saturated heterocycles. The van der Waals surface area contributed by atoms with Crippen LogP contribution in [-0.4, -0.2) is 27.3 Å². The molecule has 1 aromatic heterocycles. The summed E-state index contributed by atoms with van der Waals surface area (Å²) in [4.78, 5) is 12.5. The van der Waals surface area contributed by atoms with Gasteiger partial charge in [0.1, 0.15) is 11.6 Å². The van der Waals surface area contributed by atoms with Gasteiger partial charge in [0.2, 0.25) is 5.91 Å². The van der Waals surface area contributed by atoms with Crippen molar-refractivity contribution in [3.8, 4) is 11.8 Å². The van der Waals surface area contributed by atoms with E-state index in [0.29, 0.717) is 0 Å². The third kappa shape index (κ3) is 4.00. The number of nitriles is 1. The Morgan fingerprint density at radius 3 is 2.68 bits per heavy atom. The van der Waals surface area contributed by atoms with Crippen molar-refractivity contribution >= 4 is 11.6 Å². The summed E-state index contributed by atoms with van der Waals surface area (Å²) in [7, 11) is 0. The highest BCUT2D eigenvalue weighted by atomic mass is 16.2. The molecular weight excluding hydrogens is 314 g/mol. The molecule has 6 nitrogen and oxygen atoms in total. The molecule has 1 aromatic carbocycles. The van der Waals surface area contributed by atoms with Crippen LogP contribution in [0.5, 0.6) is 0 Å². The number of rotatable bonds is 5. The second-order valence-electron chi connectivity index (χ2n) is 6.62. The molecule has 6 heteroatoms. The van der Waals surface area contributed by atoms with Crippen LogP contribution in [0.2, 0.25) is 0 Å². The van der Waals surface area contributed by atoms with Gasteiger partial charge in [-0.2, -0.15) is 10.4 Å². The fourth-order valence-electron chi connectivity index (χ4n) is 3.20. The Morgan fingerprint density at radius 2 is 2.00 bits per heavy atom. The number of hydrogen-bond donors (Lipinski definition) is 2. The van der Waals surface area contributed by atoms with E-state index in [9.17, 15) is 10.1 Å². The second kappa shape index (κ2) is 7.39. The molecule has 25 heavy (non-hydrogen) atoms. The quantitative estimate of drug-likeness (QED) is 0.878. The Kier molecular flexibility index (Phi) is 5.03. The third-order valence-electron chi connectivity index (χ3n) is 4.66. The molecule has 1 heterocycles. The number of amides is 1. The Labute approximate surface area is 147 Å². The first-order valence-electron chi connectivity index (χ1n) is 8.72. The number of carbonyl (C=O) groups is 1. The number of anilines is 1. The maximum absolute atomic E-state index is 12.5. The number of nitrogens with one attached hydrogen (secondary N) is 2. The van der Waals surface area contributed by atoms with Crippen LogP contribution in [-0.2, 0) is 4.79 Å². The van der Waals surface area contributed by atoms with Crippen LogP contribution >= 0.6 is 0 Å². The summed E-state index contributed by atoms with van der Waals surface area (Å²) in [5, 5.41) is 19.9. The van der Waals surface area contributed by atoms with Crippen molar-refractivity contribution in [2.24, 2.45) is 0 Å². The van der Waals surface area contributed by atoms with Gasteiger partial charge in [-0.1, -0.05) is 37.5 Å². The number of nitrogens with zero attached hydrogens (tertiary/aromatic N) is 3. The third-order valence-corrected chi connectivity index (χ3v) is 4.66. The van der Waals surface area contributed by atoms with E-state index in [1.165, 1.54) is 0 Å². The van der Waals surface area contributed by atoms with Gasteiger partial charge in [-0.3, -0.25) is 4.79 Å². The summed E-state index contributed by atoms with van der Waals surface area (Å²) in [6.45, 7) is 1.79. The minimum Gasteiger partial charge on any atom is -0.371 e. The summed E-state index contributed by atoms with van der Waals surface area (Å²) in [5.74, 6) is -0.157. The van der Waals surface area contributed by atoms with Crippen LogP contribution in [0.15, 0.2) is 42.7 Å². The molecule has 0 spiro atoms. The first-order valence-corrected chi connectivity index (χ1v) is 8.72. The number of para-hydroxylation sites is 1. The zero-order valence-corrected chi connectivity index (χ0v) is 14.4. The maximum atomic E-state index is 12.5. The van der Waals surface area contributed by atoms with Crippen molar-refractivity contribution in [1.29, 1.82) is 5.26 Å². The predicted molar refractivity (Wildman–Crippen MR) is 96.2 cm³/mol. The Hall–Kier alpha value is -2.81. The van der Waals surface area contributed by atoms with Crippen LogP contribution in [0, 0.1) is 11.3 Å². The highest BCUT2D eigenvalue weighted by Crippen LogP contribution is 2.27. The lowest BCUT2D eigenvalue weighted by Gasteiger charge is -2.32. The zero-order valence-electron chi connectivity index (χ0n) is 14.4. The lowest BCUT2D eigenvalue weighted by atomic mass is 9.82. The summed E-state index contributed by atoms with van der Waals surface area (Å²) >= 11 is 0. The van der Waals surface area contributed by atoms with Crippen LogP contribution in [0.25, 0.3) is 5.69 Å². The van der Waals surface area contributed by atoms with Gasteiger partial charge in [-0.05, 0) is 31.9 Å². The van der Waals surface area contributed by atoms with Gasteiger partial charge in [0, 0.05) is 0 Å². The van der Waals surface area contributed by atoms with E-state index in [2.05, 4.69) is 21.8 Å². The predicted octanol–water partition coefficient (Wildman–Crippen LogP) is 3.02. The highest BCUT2D eigenvalue weighted by Gasteiger charge is 2.34. The topological polar surface area (TPSA) is 82.7 Å². The fraction of sp³-hybridized carbons (Fsp3) is 0.421. The van der Waals surface area contributed by atoms with Gasteiger partial charge in [0.05, 0.1) is 29.8 Å². The van der Waals surface area contributed by atoms with Crippen molar-refractivity contribution in [2.75, 3.05) is 5.32 Å². The molecule has 2 aromatic rings. The van der Waals surface area contributed by atoms with Gasteiger partial charge in [-0.15, -0.1) is 0 Å². The Balaban J connectivity index is 1.62. The summed E-state index contributed by atoms with van der Waals surface area (Å²) < 4.78 is 1.75. The van der Waals surface area contributed by atoms with E-state index in [-0.39, 0.29) is 5.91 Å². The lowest BCUT2D eigenvalue weighted by Crippen LogP contribution is -2.52. The summed E-state index contributed by atoms with van der Waals surface area (Å²) in [5.41, 5.74) is 1.01. The Bertz CT molecular complexity index is 756. The standard InChI is InChI=1S/C19H23N5O/c1-15(18(25)23-19(14-20)10-6-3-7-11-19)22-16-12-21-24(13-16)17-8-4-2-5-9-17/h2,4-5,8-9,12-13,15,22H,3,6-7,10-11H2,1H3,(H,23,25)/t15-/m1/s1. The molecule has 1 saturated carbocycles.